The Kier molecular flexibility index (Phi) is 9.48. The number of fused-ring (bicyclic) bond motifs is 1. The lowest BCUT2D eigenvalue weighted by Crippen LogP contribution is -2.48. The van der Waals surface area contributed by atoms with E-state index in [-0.39, 0.29) is 36.8 Å². The van der Waals surface area contributed by atoms with Gasteiger partial charge >= 0.3 is 0 Å². The van der Waals surface area contributed by atoms with Crippen LogP contribution in [0.1, 0.15) is 34.7 Å². The van der Waals surface area contributed by atoms with Crippen LogP contribution in [0.2, 0.25) is 10.0 Å². The van der Waals surface area contributed by atoms with Crippen LogP contribution in [0.15, 0.2) is 66.7 Å². The molecular weight excluding hydrogens is 503 g/mol. The van der Waals surface area contributed by atoms with E-state index in [1.54, 1.807) is 19.2 Å². The van der Waals surface area contributed by atoms with Gasteiger partial charge in [0.15, 0.2) is 0 Å². The third-order valence-electron chi connectivity index (χ3n) is 6.75. The summed E-state index contributed by atoms with van der Waals surface area (Å²) >= 11 is 12.3. The second-order valence-electron chi connectivity index (χ2n) is 8.91. The maximum atomic E-state index is 13.5. The fraction of sp³-hybridized carbons (Fsp3) is 0.321. The van der Waals surface area contributed by atoms with E-state index in [1.165, 1.54) is 11.1 Å². The predicted molar refractivity (Wildman–Crippen MR) is 146 cm³/mol. The molecule has 0 bridgehead atoms. The van der Waals surface area contributed by atoms with Crippen molar-refractivity contribution in [2.45, 2.75) is 37.9 Å². The molecule has 35 heavy (non-hydrogen) atoms. The first-order valence-corrected chi connectivity index (χ1v) is 12.2. The summed E-state index contributed by atoms with van der Waals surface area (Å²) in [5.41, 5.74) is 4.45. The largest absolute Gasteiger partial charge is 0.496 e. The molecule has 4 rings (SSSR count). The van der Waals surface area contributed by atoms with E-state index in [0.29, 0.717) is 10.0 Å². The maximum Gasteiger partial charge on any atom is 0.227 e. The number of methoxy groups -OCH3 is 1. The third-order valence-corrected chi connectivity index (χ3v) is 7.49. The van der Waals surface area contributed by atoms with Crippen LogP contribution in [0.4, 0.5) is 0 Å². The SMILES string of the molecule is COc1cccc2c1CC[C@H](N(C)Cc1ccccc1)[C@H]2N(C)C(=O)Cc1ccc(Cl)c(Cl)c1.Cl. The maximum absolute atomic E-state index is 13.5. The van der Waals surface area contributed by atoms with Gasteiger partial charge in [0.1, 0.15) is 5.75 Å². The number of benzene rings is 3. The van der Waals surface area contributed by atoms with Crippen molar-refractivity contribution in [3.8, 4) is 5.75 Å². The summed E-state index contributed by atoms with van der Waals surface area (Å²) in [6.45, 7) is 0.816. The molecule has 4 nitrogen and oxygen atoms in total. The minimum atomic E-state index is -0.0946. The summed E-state index contributed by atoms with van der Waals surface area (Å²) in [5.74, 6) is 0.925. The molecule has 2 atom stereocenters. The van der Waals surface area contributed by atoms with Crippen molar-refractivity contribution in [1.29, 1.82) is 0 Å². The van der Waals surface area contributed by atoms with Crippen LogP contribution < -0.4 is 4.74 Å². The first kappa shape index (κ1) is 27.3. The van der Waals surface area contributed by atoms with Gasteiger partial charge in [0.2, 0.25) is 5.91 Å². The van der Waals surface area contributed by atoms with Gasteiger partial charge in [-0.05, 0) is 60.3 Å². The summed E-state index contributed by atoms with van der Waals surface area (Å²) < 4.78 is 5.67. The number of hydrogen-bond donors (Lipinski definition) is 0. The van der Waals surface area contributed by atoms with Gasteiger partial charge in [-0.2, -0.15) is 0 Å². The zero-order valence-corrected chi connectivity index (χ0v) is 22.5. The van der Waals surface area contributed by atoms with E-state index in [0.717, 1.165) is 36.3 Å². The van der Waals surface area contributed by atoms with Crippen LogP contribution in [0, 0.1) is 0 Å². The van der Waals surface area contributed by atoms with Gasteiger partial charge in [0.25, 0.3) is 0 Å². The van der Waals surface area contributed by atoms with Crippen molar-refractivity contribution in [1.82, 2.24) is 9.80 Å². The number of likely N-dealkylation sites (N-methyl/N-ethyl adjacent to an activating group) is 2. The van der Waals surface area contributed by atoms with E-state index in [1.807, 2.05) is 36.2 Å². The van der Waals surface area contributed by atoms with Gasteiger partial charge in [-0.3, -0.25) is 9.69 Å². The molecule has 0 saturated carbocycles. The van der Waals surface area contributed by atoms with E-state index in [4.69, 9.17) is 27.9 Å². The molecule has 0 saturated heterocycles. The fourth-order valence-electron chi connectivity index (χ4n) is 5.00. The molecule has 0 radical (unpaired) electrons. The minimum Gasteiger partial charge on any atom is -0.496 e. The van der Waals surface area contributed by atoms with Crippen LogP contribution >= 0.6 is 35.6 Å². The topological polar surface area (TPSA) is 32.8 Å². The number of rotatable bonds is 7. The molecule has 3 aromatic carbocycles. The molecule has 7 heteroatoms. The first-order chi connectivity index (χ1) is 16.4. The van der Waals surface area contributed by atoms with Crippen LogP contribution in [0.25, 0.3) is 0 Å². The van der Waals surface area contributed by atoms with Gasteiger partial charge in [-0.1, -0.05) is 71.7 Å². The highest BCUT2D eigenvalue weighted by molar-refractivity contribution is 6.42. The fourth-order valence-corrected chi connectivity index (χ4v) is 5.32. The zero-order valence-electron chi connectivity index (χ0n) is 20.2. The third kappa shape index (κ3) is 6.13. The van der Waals surface area contributed by atoms with Crippen molar-refractivity contribution in [2.75, 3.05) is 21.2 Å². The predicted octanol–water partition coefficient (Wildman–Crippen LogP) is 6.61. The van der Waals surface area contributed by atoms with E-state index in [2.05, 4.69) is 42.3 Å². The highest BCUT2D eigenvalue weighted by atomic mass is 35.5. The average Bonchev–Trinajstić information content (AvgIpc) is 2.85. The Morgan fingerprint density at radius 1 is 0.971 bits per heavy atom. The molecule has 0 aliphatic heterocycles. The zero-order chi connectivity index (χ0) is 24.2. The molecule has 0 unspecified atom stereocenters. The van der Waals surface area contributed by atoms with Crippen molar-refractivity contribution in [2.24, 2.45) is 0 Å². The highest BCUT2D eigenvalue weighted by Crippen LogP contribution is 2.40. The van der Waals surface area contributed by atoms with Crippen LogP contribution in [-0.2, 0) is 24.2 Å². The lowest BCUT2D eigenvalue weighted by atomic mass is 9.81. The highest BCUT2D eigenvalue weighted by Gasteiger charge is 2.37. The van der Waals surface area contributed by atoms with Crippen LogP contribution in [0.3, 0.4) is 0 Å². The molecule has 0 aromatic heterocycles. The van der Waals surface area contributed by atoms with E-state index < -0.39 is 0 Å². The Balaban J connectivity index is 0.00000342. The quantitative estimate of drug-likeness (QED) is 0.342. The van der Waals surface area contributed by atoms with Crippen molar-refractivity contribution in [3.05, 3.63) is 99.0 Å². The van der Waals surface area contributed by atoms with Gasteiger partial charge in [0.05, 0.1) is 29.6 Å². The summed E-state index contributed by atoms with van der Waals surface area (Å²) in [7, 11) is 5.76. The molecule has 1 aliphatic carbocycles. The molecule has 186 valence electrons. The molecular formula is C28H31Cl3N2O2. The second-order valence-corrected chi connectivity index (χ2v) is 9.72. The number of carbonyl (C=O) groups excluding carboxylic acids is 1. The second kappa shape index (κ2) is 12.1. The molecule has 0 N–H and O–H groups in total. The van der Waals surface area contributed by atoms with E-state index >= 15 is 0 Å². The Morgan fingerprint density at radius 2 is 1.71 bits per heavy atom. The van der Waals surface area contributed by atoms with Crippen molar-refractivity contribution < 1.29 is 9.53 Å². The van der Waals surface area contributed by atoms with Gasteiger partial charge < -0.3 is 9.64 Å². The number of halogens is 3. The summed E-state index contributed by atoms with van der Waals surface area (Å²) in [6, 6.07) is 22.0. The Bertz CT molecular complexity index is 1160. The standard InChI is InChI=1S/C28H30Cl2N2O2.ClH/c1-31(18-19-8-5-4-6-9-19)25-15-13-21-22(10-7-11-26(21)34-3)28(25)32(2)27(33)17-20-12-14-23(29)24(30)16-20;/h4-12,14,16,25,28H,13,15,17-18H2,1-3H3;1H/t25-,28-;/m0./s1. The molecule has 0 fully saturated rings. The lowest BCUT2D eigenvalue weighted by molar-refractivity contribution is -0.133. The van der Waals surface area contributed by atoms with Gasteiger partial charge in [-0.15, -0.1) is 12.4 Å². The Hall–Kier alpha value is -2.24. The first-order valence-electron chi connectivity index (χ1n) is 11.5. The molecule has 1 amide bonds. The van der Waals surface area contributed by atoms with Crippen LogP contribution in [0.5, 0.6) is 5.75 Å². The summed E-state index contributed by atoms with van der Waals surface area (Å²) in [5, 5.41) is 0.949. The number of ether oxygens (including phenoxy) is 1. The van der Waals surface area contributed by atoms with E-state index in [9.17, 15) is 4.79 Å². The minimum absolute atomic E-state index is 0. The normalized spacial score (nSPS) is 16.9. The number of nitrogens with zero attached hydrogens (tertiary/aromatic N) is 2. The molecule has 0 heterocycles. The van der Waals surface area contributed by atoms with Gasteiger partial charge in [0, 0.05) is 19.6 Å². The monoisotopic (exact) mass is 532 g/mol. The van der Waals surface area contributed by atoms with Crippen molar-refractivity contribution >= 4 is 41.5 Å². The lowest BCUT2D eigenvalue weighted by Gasteiger charge is -2.44. The smallest absolute Gasteiger partial charge is 0.227 e. The molecule has 3 aromatic rings. The average molecular weight is 534 g/mol. The van der Waals surface area contributed by atoms with Gasteiger partial charge in [-0.25, -0.2) is 0 Å². The molecule has 1 aliphatic rings. The summed E-state index contributed by atoms with van der Waals surface area (Å²) in [4.78, 5) is 17.8. The Labute approximate surface area is 224 Å². The van der Waals surface area contributed by atoms with Crippen molar-refractivity contribution in [3.63, 3.8) is 0 Å². The number of carbonyl (C=O) groups is 1. The number of hydrogen-bond acceptors (Lipinski definition) is 3. The van der Waals surface area contributed by atoms with Crippen LogP contribution in [-0.4, -0.2) is 43.0 Å². The number of amides is 1. The summed E-state index contributed by atoms with van der Waals surface area (Å²) in [6.07, 6.45) is 2.11. The molecule has 0 spiro atoms. The Morgan fingerprint density at radius 3 is 2.40 bits per heavy atom.